The second-order valence-corrected chi connectivity index (χ2v) is 8.73. The number of carbonyl (C=O) groups excluding carboxylic acids is 2. The third-order valence-electron chi connectivity index (χ3n) is 5.36. The molecule has 8 nitrogen and oxygen atoms in total. The summed E-state index contributed by atoms with van der Waals surface area (Å²) in [5.74, 6) is -0.280. The summed E-state index contributed by atoms with van der Waals surface area (Å²) in [6, 6.07) is 13.7. The molecule has 2 aromatic carbocycles. The molecular weight excluding hydrogens is 468 g/mol. The molecule has 0 amide bonds. The Labute approximate surface area is 205 Å². The Kier molecular flexibility index (Phi) is 6.97. The minimum absolute atomic E-state index is 0.279. The van der Waals surface area contributed by atoms with Crippen molar-refractivity contribution in [2.24, 2.45) is 4.99 Å². The average molecular weight is 493 g/mol. The number of thiazole rings is 1. The summed E-state index contributed by atoms with van der Waals surface area (Å²) in [4.78, 5) is 42.7. The van der Waals surface area contributed by atoms with E-state index in [0.717, 1.165) is 5.56 Å². The van der Waals surface area contributed by atoms with Crippen molar-refractivity contribution in [2.45, 2.75) is 26.8 Å². The molecule has 9 heteroatoms. The third-order valence-corrected chi connectivity index (χ3v) is 6.34. The number of carbonyl (C=O) groups is 2. The van der Waals surface area contributed by atoms with Crippen LogP contribution in [-0.4, -0.2) is 30.2 Å². The number of hydrogen-bond donors (Lipinski definition) is 0. The van der Waals surface area contributed by atoms with Gasteiger partial charge in [-0.15, -0.1) is 0 Å². The average Bonchev–Trinajstić information content (AvgIpc) is 3.14. The van der Waals surface area contributed by atoms with Gasteiger partial charge in [0.15, 0.2) is 16.3 Å². The van der Waals surface area contributed by atoms with Crippen LogP contribution in [0.1, 0.15) is 37.9 Å². The molecule has 0 bridgehead atoms. The molecule has 1 atom stereocenters. The number of esters is 2. The van der Waals surface area contributed by atoms with Crippen molar-refractivity contribution in [3.8, 4) is 11.5 Å². The third kappa shape index (κ3) is 4.81. The molecule has 0 radical (unpaired) electrons. The van der Waals surface area contributed by atoms with E-state index in [1.54, 1.807) is 31.2 Å². The zero-order valence-electron chi connectivity index (χ0n) is 19.7. The van der Waals surface area contributed by atoms with Crippen LogP contribution in [0.2, 0.25) is 0 Å². The maximum absolute atomic E-state index is 13.6. The first-order valence-corrected chi connectivity index (χ1v) is 11.8. The number of fused-ring (bicyclic) bond motifs is 1. The van der Waals surface area contributed by atoms with E-state index in [0.29, 0.717) is 44.3 Å². The van der Waals surface area contributed by atoms with E-state index < -0.39 is 18.0 Å². The Bertz CT molecular complexity index is 1500. The Morgan fingerprint density at radius 3 is 2.54 bits per heavy atom. The van der Waals surface area contributed by atoms with Gasteiger partial charge in [-0.3, -0.25) is 14.2 Å². The fourth-order valence-electron chi connectivity index (χ4n) is 3.92. The highest BCUT2D eigenvalue weighted by atomic mass is 32.1. The first kappa shape index (κ1) is 24.2. The maximum Gasteiger partial charge on any atom is 0.338 e. The van der Waals surface area contributed by atoms with Gasteiger partial charge in [-0.05, 0) is 43.2 Å². The van der Waals surface area contributed by atoms with Crippen molar-refractivity contribution in [1.29, 1.82) is 0 Å². The minimum Gasteiger partial charge on any atom is -0.490 e. The number of benzene rings is 2. The summed E-state index contributed by atoms with van der Waals surface area (Å²) in [6.45, 7) is 5.26. The minimum atomic E-state index is -0.660. The van der Waals surface area contributed by atoms with Crippen LogP contribution in [0, 0.1) is 0 Å². The van der Waals surface area contributed by atoms with Gasteiger partial charge in [0.1, 0.15) is 0 Å². The van der Waals surface area contributed by atoms with Crippen LogP contribution in [0.3, 0.4) is 0 Å². The van der Waals surface area contributed by atoms with Gasteiger partial charge >= 0.3 is 11.9 Å². The number of aromatic nitrogens is 1. The van der Waals surface area contributed by atoms with E-state index >= 15 is 0 Å². The molecule has 1 aliphatic heterocycles. The van der Waals surface area contributed by atoms with Gasteiger partial charge in [-0.2, -0.15) is 0 Å². The zero-order valence-corrected chi connectivity index (χ0v) is 20.5. The molecule has 1 aliphatic rings. The van der Waals surface area contributed by atoms with Crippen LogP contribution in [0.4, 0.5) is 0 Å². The molecule has 0 N–H and O–H groups in total. The van der Waals surface area contributed by atoms with E-state index in [1.807, 2.05) is 37.3 Å². The summed E-state index contributed by atoms with van der Waals surface area (Å²) < 4.78 is 17.8. The highest BCUT2D eigenvalue weighted by molar-refractivity contribution is 7.07. The number of allylic oxidation sites excluding steroid dienone is 1. The number of methoxy groups -OCH3 is 1. The van der Waals surface area contributed by atoms with Crippen LogP contribution in [-0.2, 0) is 14.3 Å². The molecule has 2 heterocycles. The van der Waals surface area contributed by atoms with Crippen LogP contribution in [0.5, 0.6) is 11.5 Å². The van der Waals surface area contributed by atoms with E-state index in [4.69, 9.17) is 14.2 Å². The quantitative estimate of drug-likeness (QED) is 0.388. The second kappa shape index (κ2) is 10.1. The van der Waals surface area contributed by atoms with Gasteiger partial charge in [0.2, 0.25) is 0 Å². The molecule has 0 saturated carbocycles. The van der Waals surface area contributed by atoms with E-state index in [1.165, 1.54) is 29.9 Å². The van der Waals surface area contributed by atoms with Gasteiger partial charge in [0.05, 0.1) is 35.6 Å². The number of ether oxygens (including phenoxy) is 3. The Hall–Kier alpha value is -3.98. The fraction of sp³-hybridized carbons (Fsp3) is 0.231. The largest absolute Gasteiger partial charge is 0.490 e. The van der Waals surface area contributed by atoms with Gasteiger partial charge in [0, 0.05) is 6.92 Å². The molecule has 3 aromatic rings. The topological polar surface area (TPSA) is 96.2 Å². The molecule has 1 aromatic heterocycles. The molecular formula is C26H24N2O6S. The molecule has 180 valence electrons. The molecule has 0 fully saturated rings. The van der Waals surface area contributed by atoms with E-state index in [-0.39, 0.29) is 5.56 Å². The first-order valence-electron chi connectivity index (χ1n) is 10.9. The van der Waals surface area contributed by atoms with Gasteiger partial charge < -0.3 is 14.2 Å². The van der Waals surface area contributed by atoms with Crippen LogP contribution >= 0.6 is 11.3 Å². The van der Waals surface area contributed by atoms with Crippen molar-refractivity contribution in [2.75, 3.05) is 13.7 Å². The van der Waals surface area contributed by atoms with Crippen LogP contribution < -0.4 is 24.4 Å². The molecule has 35 heavy (non-hydrogen) atoms. The van der Waals surface area contributed by atoms with Gasteiger partial charge in [-0.1, -0.05) is 47.7 Å². The Balaban J connectivity index is 1.88. The summed E-state index contributed by atoms with van der Waals surface area (Å²) in [5, 5.41) is 0. The monoisotopic (exact) mass is 492 g/mol. The van der Waals surface area contributed by atoms with Crippen molar-refractivity contribution in [1.82, 2.24) is 4.57 Å². The number of rotatable bonds is 6. The van der Waals surface area contributed by atoms with Crippen LogP contribution in [0.25, 0.3) is 6.08 Å². The maximum atomic E-state index is 13.6. The van der Waals surface area contributed by atoms with Gasteiger partial charge in [-0.25, -0.2) is 9.79 Å². The van der Waals surface area contributed by atoms with E-state index in [2.05, 4.69) is 4.99 Å². The molecule has 0 unspecified atom stereocenters. The zero-order chi connectivity index (χ0) is 25.1. The van der Waals surface area contributed by atoms with Crippen molar-refractivity contribution in [3.05, 3.63) is 90.6 Å². The number of hydrogen-bond acceptors (Lipinski definition) is 8. The fourth-order valence-corrected chi connectivity index (χ4v) is 4.96. The summed E-state index contributed by atoms with van der Waals surface area (Å²) >= 11 is 1.23. The van der Waals surface area contributed by atoms with Crippen molar-refractivity contribution >= 4 is 29.4 Å². The molecule has 4 rings (SSSR count). The lowest BCUT2D eigenvalue weighted by Crippen LogP contribution is -2.39. The normalized spacial score (nSPS) is 15.3. The highest BCUT2D eigenvalue weighted by Crippen LogP contribution is 2.31. The summed E-state index contributed by atoms with van der Waals surface area (Å²) in [6.07, 6.45) is 1.73. The number of nitrogens with zero attached hydrogens (tertiary/aromatic N) is 2. The lowest BCUT2D eigenvalue weighted by molar-refractivity contribution is -0.136. The van der Waals surface area contributed by atoms with Crippen molar-refractivity contribution in [3.63, 3.8) is 0 Å². The van der Waals surface area contributed by atoms with Gasteiger partial charge in [0.25, 0.3) is 5.56 Å². The lowest BCUT2D eigenvalue weighted by atomic mass is 9.96. The predicted octanol–water partition coefficient (Wildman–Crippen LogP) is 2.73. The van der Waals surface area contributed by atoms with Crippen molar-refractivity contribution < 1.29 is 23.8 Å². The lowest BCUT2D eigenvalue weighted by Gasteiger charge is -2.24. The summed E-state index contributed by atoms with van der Waals surface area (Å²) in [7, 11) is 1.31. The highest BCUT2D eigenvalue weighted by Gasteiger charge is 2.32. The Morgan fingerprint density at radius 2 is 1.89 bits per heavy atom. The van der Waals surface area contributed by atoms with E-state index in [9.17, 15) is 14.4 Å². The smallest absolute Gasteiger partial charge is 0.338 e. The summed E-state index contributed by atoms with van der Waals surface area (Å²) in [5.41, 5.74) is 2.01. The molecule has 0 spiro atoms. The SMILES string of the molecule is CCOc1cc(/C=c2/sc3n(c2=O)[C@@H](c2ccccc2)C(C(=O)OC)=C(C)N=3)ccc1OC(C)=O. The Morgan fingerprint density at radius 1 is 1.14 bits per heavy atom. The molecule has 0 saturated heterocycles. The first-order chi connectivity index (χ1) is 16.8. The standard InChI is InChI=1S/C26H24N2O6S/c1-5-33-20-13-17(11-12-19(20)34-16(3)29)14-21-24(30)28-23(18-9-7-6-8-10-18)22(25(31)32-4)15(2)27-26(28)35-21/h6-14,23H,5H2,1-4H3/b21-14+/t23-/m0/s1. The second-order valence-electron chi connectivity index (χ2n) is 7.72. The predicted molar refractivity (Wildman–Crippen MR) is 131 cm³/mol. The molecule has 0 aliphatic carbocycles. The van der Waals surface area contributed by atoms with Crippen LogP contribution in [0.15, 0.2) is 69.6 Å².